The van der Waals surface area contributed by atoms with Gasteiger partial charge in [-0.1, -0.05) is 15.9 Å². The molecule has 1 amide bonds. The molecule has 0 atom stereocenters. The fourth-order valence-electron chi connectivity index (χ4n) is 1.11. The van der Waals surface area contributed by atoms with E-state index in [-0.39, 0.29) is 12.2 Å². The monoisotopic (exact) mass is 287 g/mol. The zero-order valence-corrected chi connectivity index (χ0v) is 9.86. The number of hydrogen-bond donors (Lipinski definition) is 2. The molecular weight excluding hydrogens is 278 g/mol. The van der Waals surface area contributed by atoms with Crippen molar-refractivity contribution in [3.05, 3.63) is 38.3 Å². The molecule has 0 unspecified atom stereocenters. The number of nitrogens with zero attached hydrogens (tertiary/aromatic N) is 1. The van der Waals surface area contributed by atoms with Crippen LogP contribution in [-0.2, 0) is 11.3 Å². The Morgan fingerprint density at radius 3 is 2.75 bits per heavy atom. The quantitative estimate of drug-likeness (QED) is 0.622. The van der Waals surface area contributed by atoms with Gasteiger partial charge < -0.3 is 11.1 Å². The van der Waals surface area contributed by atoms with Crippen LogP contribution in [0, 0.1) is 10.1 Å². The highest BCUT2D eigenvalue weighted by Crippen LogP contribution is 2.22. The molecule has 0 spiro atoms. The van der Waals surface area contributed by atoms with Crippen molar-refractivity contribution in [2.45, 2.75) is 6.54 Å². The zero-order chi connectivity index (χ0) is 12.1. The van der Waals surface area contributed by atoms with Crippen LogP contribution in [0.2, 0.25) is 0 Å². The third kappa shape index (κ3) is 3.59. The van der Waals surface area contributed by atoms with Crippen molar-refractivity contribution in [3.63, 3.8) is 0 Å². The Labute approximate surface area is 100 Å². The summed E-state index contributed by atoms with van der Waals surface area (Å²) in [5, 5.41) is 13.3. The minimum absolute atomic E-state index is 0.0190. The predicted molar refractivity (Wildman–Crippen MR) is 61.7 cm³/mol. The van der Waals surface area contributed by atoms with Crippen LogP contribution >= 0.6 is 15.9 Å². The molecule has 1 aromatic carbocycles. The summed E-state index contributed by atoms with van der Waals surface area (Å²) in [6.07, 6.45) is 0. The normalized spacial score (nSPS) is 10.1. The fourth-order valence-corrected chi connectivity index (χ4v) is 1.62. The highest BCUT2D eigenvalue weighted by atomic mass is 79.9. The number of halogens is 1. The molecule has 86 valence electrons. The Kier molecular flexibility index (Phi) is 4.39. The third-order valence-electron chi connectivity index (χ3n) is 1.86. The number of primary amides is 1. The van der Waals surface area contributed by atoms with Crippen LogP contribution in [0.15, 0.2) is 22.7 Å². The Morgan fingerprint density at radius 2 is 2.25 bits per heavy atom. The fraction of sp³-hybridized carbons (Fsp3) is 0.222. The second-order valence-corrected chi connectivity index (χ2v) is 3.96. The van der Waals surface area contributed by atoms with E-state index in [1.807, 2.05) is 0 Å². The molecule has 0 fully saturated rings. The van der Waals surface area contributed by atoms with Crippen LogP contribution < -0.4 is 11.1 Å². The molecule has 0 aliphatic rings. The lowest BCUT2D eigenvalue weighted by Gasteiger charge is -2.04. The van der Waals surface area contributed by atoms with Crippen molar-refractivity contribution >= 4 is 27.5 Å². The van der Waals surface area contributed by atoms with Gasteiger partial charge in [0, 0.05) is 23.2 Å². The molecule has 0 aliphatic carbocycles. The molecule has 16 heavy (non-hydrogen) atoms. The van der Waals surface area contributed by atoms with Crippen LogP contribution in [0.4, 0.5) is 5.69 Å². The Bertz CT molecular complexity index is 422. The van der Waals surface area contributed by atoms with Crippen molar-refractivity contribution in [2.24, 2.45) is 5.73 Å². The van der Waals surface area contributed by atoms with E-state index in [0.29, 0.717) is 11.0 Å². The van der Waals surface area contributed by atoms with Gasteiger partial charge in [-0.3, -0.25) is 14.9 Å². The minimum Gasteiger partial charge on any atom is -0.369 e. The average molecular weight is 288 g/mol. The van der Waals surface area contributed by atoms with Gasteiger partial charge in [-0.05, 0) is 11.6 Å². The first kappa shape index (κ1) is 12.6. The summed E-state index contributed by atoms with van der Waals surface area (Å²) in [5.74, 6) is -0.446. The summed E-state index contributed by atoms with van der Waals surface area (Å²) in [5.41, 5.74) is 5.80. The van der Waals surface area contributed by atoms with E-state index in [1.54, 1.807) is 6.07 Å². The number of amides is 1. The van der Waals surface area contributed by atoms with E-state index >= 15 is 0 Å². The first-order valence-electron chi connectivity index (χ1n) is 4.42. The van der Waals surface area contributed by atoms with Crippen molar-refractivity contribution in [1.29, 1.82) is 0 Å². The number of carbonyl (C=O) groups excluding carboxylic acids is 1. The lowest BCUT2D eigenvalue weighted by molar-refractivity contribution is -0.384. The SMILES string of the molecule is NC(=O)CNCc1ccc([N+](=O)[O-])cc1Br. The Hall–Kier alpha value is -1.47. The molecule has 1 rings (SSSR count). The minimum atomic E-state index is -0.467. The number of rotatable bonds is 5. The van der Waals surface area contributed by atoms with Crippen molar-refractivity contribution in [2.75, 3.05) is 6.54 Å². The largest absolute Gasteiger partial charge is 0.369 e. The molecule has 0 aromatic heterocycles. The van der Waals surface area contributed by atoms with E-state index < -0.39 is 10.8 Å². The maximum absolute atomic E-state index is 10.5. The van der Waals surface area contributed by atoms with Crippen LogP contribution in [0.3, 0.4) is 0 Å². The summed E-state index contributed by atoms with van der Waals surface area (Å²) >= 11 is 3.22. The lowest BCUT2D eigenvalue weighted by atomic mass is 10.2. The van der Waals surface area contributed by atoms with Crippen LogP contribution in [0.25, 0.3) is 0 Å². The van der Waals surface area contributed by atoms with Gasteiger partial charge in [-0.2, -0.15) is 0 Å². The third-order valence-corrected chi connectivity index (χ3v) is 2.60. The molecule has 0 radical (unpaired) electrons. The lowest BCUT2D eigenvalue weighted by Crippen LogP contribution is -2.28. The van der Waals surface area contributed by atoms with Gasteiger partial charge in [0.25, 0.3) is 5.69 Å². The van der Waals surface area contributed by atoms with Crippen LogP contribution in [-0.4, -0.2) is 17.4 Å². The molecular formula is C9H10BrN3O3. The molecule has 0 heterocycles. The molecule has 7 heteroatoms. The standard InChI is InChI=1S/C9H10BrN3O3/c10-8-3-7(13(15)16)2-1-6(8)4-12-5-9(11)14/h1-3,12H,4-5H2,(H2,11,14). The Balaban J connectivity index is 2.68. The molecule has 3 N–H and O–H groups in total. The summed E-state index contributed by atoms with van der Waals surface area (Å²) in [6.45, 7) is 0.491. The molecule has 0 bridgehead atoms. The van der Waals surface area contributed by atoms with Gasteiger partial charge >= 0.3 is 0 Å². The van der Waals surface area contributed by atoms with Crippen molar-refractivity contribution < 1.29 is 9.72 Å². The smallest absolute Gasteiger partial charge is 0.270 e. The van der Waals surface area contributed by atoms with E-state index in [9.17, 15) is 14.9 Å². The van der Waals surface area contributed by atoms with Crippen molar-refractivity contribution in [3.8, 4) is 0 Å². The highest BCUT2D eigenvalue weighted by Gasteiger charge is 2.08. The first-order chi connectivity index (χ1) is 7.50. The van der Waals surface area contributed by atoms with Gasteiger partial charge in [0.15, 0.2) is 0 Å². The molecule has 6 nitrogen and oxygen atoms in total. The number of nitro groups is 1. The maximum atomic E-state index is 10.5. The second-order valence-electron chi connectivity index (χ2n) is 3.10. The van der Waals surface area contributed by atoms with Gasteiger partial charge in [0.1, 0.15) is 0 Å². The number of nitrogens with one attached hydrogen (secondary N) is 1. The number of benzene rings is 1. The van der Waals surface area contributed by atoms with E-state index in [2.05, 4.69) is 21.2 Å². The van der Waals surface area contributed by atoms with Gasteiger partial charge in [0.05, 0.1) is 11.5 Å². The van der Waals surface area contributed by atoms with Gasteiger partial charge in [0.2, 0.25) is 5.91 Å². The summed E-state index contributed by atoms with van der Waals surface area (Å²) in [7, 11) is 0. The molecule has 0 saturated heterocycles. The average Bonchev–Trinajstić information content (AvgIpc) is 2.19. The first-order valence-corrected chi connectivity index (χ1v) is 5.22. The topological polar surface area (TPSA) is 98.3 Å². The van der Waals surface area contributed by atoms with E-state index in [0.717, 1.165) is 5.56 Å². The van der Waals surface area contributed by atoms with Crippen molar-refractivity contribution in [1.82, 2.24) is 5.32 Å². The number of hydrogen-bond acceptors (Lipinski definition) is 4. The van der Waals surface area contributed by atoms with Crippen LogP contribution in [0.1, 0.15) is 5.56 Å². The Morgan fingerprint density at radius 1 is 1.56 bits per heavy atom. The highest BCUT2D eigenvalue weighted by molar-refractivity contribution is 9.10. The molecule has 0 saturated carbocycles. The number of carbonyl (C=O) groups is 1. The maximum Gasteiger partial charge on any atom is 0.270 e. The summed E-state index contributed by atoms with van der Waals surface area (Å²) < 4.78 is 0.624. The van der Waals surface area contributed by atoms with E-state index in [4.69, 9.17) is 5.73 Å². The zero-order valence-electron chi connectivity index (χ0n) is 8.27. The summed E-state index contributed by atoms with van der Waals surface area (Å²) in [4.78, 5) is 20.5. The predicted octanol–water partition coefficient (Wildman–Crippen LogP) is 0.932. The second kappa shape index (κ2) is 5.57. The number of nitro benzene ring substituents is 1. The summed E-state index contributed by atoms with van der Waals surface area (Å²) in [6, 6.07) is 4.45. The van der Waals surface area contributed by atoms with Crippen LogP contribution in [0.5, 0.6) is 0 Å². The van der Waals surface area contributed by atoms with E-state index in [1.165, 1.54) is 12.1 Å². The molecule has 1 aromatic rings. The molecule has 0 aliphatic heterocycles. The van der Waals surface area contributed by atoms with Gasteiger partial charge in [-0.25, -0.2) is 0 Å². The number of non-ortho nitro benzene ring substituents is 1. The van der Waals surface area contributed by atoms with Gasteiger partial charge in [-0.15, -0.1) is 0 Å². The number of nitrogens with two attached hydrogens (primary N) is 1.